The number of nitrogens with zero attached hydrogens (tertiary/aromatic N) is 5. The van der Waals surface area contributed by atoms with Gasteiger partial charge in [0.15, 0.2) is 5.82 Å². The molecule has 0 bridgehead atoms. The highest BCUT2D eigenvalue weighted by Gasteiger charge is 2.22. The number of rotatable bonds is 2. The first-order valence-corrected chi connectivity index (χ1v) is 6.07. The maximum atomic E-state index is 5.88. The maximum absolute atomic E-state index is 5.88. The lowest BCUT2D eigenvalue weighted by molar-refractivity contribution is 0.741. The van der Waals surface area contributed by atoms with Crippen molar-refractivity contribution in [2.24, 2.45) is 12.8 Å². The van der Waals surface area contributed by atoms with E-state index in [2.05, 4.69) is 25.2 Å². The standard InChI is InChI=1S/C11H17N7/c1-7-5-9(16-17(7)2)10-13-11(15-14-10)18-4-3-8(12)6-18/h5,8H,3-4,6,12H2,1-2H3,(H,13,14,15). The van der Waals surface area contributed by atoms with E-state index in [1.54, 1.807) is 0 Å². The molecular weight excluding hydrogens is 230 g/mol. The fourth-order valence-corrected chi connectivity index (χ4v) is 2.15. The molecule has 0 saturated carbocycles. The van der Waals surface area contributed by atoms with Crippen LogP contribution in [0, 0.1) is 6.92 Å². The summed E-state index contributed by atoms with van der Waals surface area (Å²) in [4.78, 5) is 6.58. The SMILES string of the molecule is Cc1cc(-c2nc(N3CCC(N)C3)n[nH]2)nn1C. The van der Waals surface area contributed by atoms with Crippen molar-refractivity contribution in [1.29, 1.82) is 0 Å². The van der Waals surface area contributed by atoms with E-state index in [-0.39, 0.29) is 6.04 Å². The number of anilines is 1. The average Bonchev–Trinajstić information content (AvgIpc) is 3.00. The first-order chi connectivity index (χ1) is 8.63. The number of nitrogens with one attached hydrogen (secondary N) is 1. The Morgan fingerprint density at radius 1 is 1.50 bits per heavy atom. The van der Waals surface area contributed by atoms with Crippen molar-refractivity contribution in [1.82, 2.24) is 25.0 Å². The molecular formula is C11H17N7. The fourth-order valence-electron chi connectivity index (χ4n) is 2.15. The molecule has 2 aromatic heterocycles. The zero-order valence-electron chi connectivity index (χ0n) is 10.6. The Labute approximate surface area is 105 Å². The van der Waals surface area contributed by atoms with Crippen molar-refractivity contribution in [2.45, 2.75) is 19.4 Å². The highest BCUT2D eigenvalue weighted by Crippen LogP contribution is 2.19. The van der Waals surface area contributed by atoms with Gasteiger partial charge in [-0.1, -0.05) is 0 Å². The molecule has 1 aliphatic heterocycles. The highest BCUT2D eigenvalue weighted by molar-refractivity contribution is 5.51. The molecule has 1 unspecified atom stereocenters. The second-order valence-electron chi connectivity index (χ2n) is 4.77. The van der Waals surface area contributed by atoms with Gasteiger partial charge in [-0.2, -0.15) is 10.1 Å². The van der Waals surface area contributed by atoms with E-state index in [9.17, 15) is 0 Å². The van der Waals surface area contributed by atoms with E-state index in [4.69, 9.17) is 5.73 Å². The molecule has 96 valence electrons. The smallest absolute Gasteiger partial charge is 0.245 e. The van der Waals surface area contributed by atoms with Gasteiger partial charge in [0, 0.05) is 31.9 Å². The first kappa shape index (κ1) is 11.2. The Morgan fingerprint density at radius 3 is 2.94 bits per heavy atom. The number of hydrogen-bond acceptors (Lipinski definition) is 5. The molecule has 0 amide bonds. The normalized spacial score (nSPS) is 19.7. The minimum atomic E-state index is 0.226. The second kappa shape index (κ2) is 4.09. The second-order valence-corrected chi connectivity index (χ2v) is 4.77. The molecule has 3 rings (SSSR count). The molecule has 3 N–H and O–H groups in total. The minimum absolute atomic E-state index is 0.226. The van der Waals surface area contributed by atoms with Gasteiger partial charge in [0.25, 0.3) is 0 Å². The van der Waals surface area contributed by atoms with Gasteiger partial charge in [0.1, 0.15) is 5.69 Å². The Bertz CT molecular complexity index is 536. The zero-order valence-corrected chi connectivity index (χ0v) is 10.6. The van der Waals surface area contributed by atoms with Crippen LogP contribution in [0.3, 0.4) is 0 Å². The number of nitrogens with two attached hydrogens (primary N) is 1. The van der Waals surface area contributed by atoms with Crippen molar-refractivity contribution in [3.05, 3.63) is 11.8 Å². The molecule has 0 radical (unpaired) electrons. The molecule has 0 aliphatic carbocycles. The van der Waals surface area contributed by atoms with Crippen LogP contribution in [0.1, 0.15) is 12.1 Å². The summed E-state index contributed by atoms with van der Waals surface area (Å²) in [7, 11) is 1.91. The van der Waals surface area contributed by atoms with Crippen LogP contribution in [0.5, 0.6) is 0 Å². The minimum Gasteiger partial charge on any atom is -0.338 e. The van der Waals surface area contributed by atoms with Crippen LogP contribution >= 0.6 is 0 Å². The van der Waals surface area contributed by atoms with Gasteiger partial charge in [-0.25, -0.2) is 0 Å². The first-order valence-electron chi connectivity index (χ1n) is 6.07. The summed E-state index contributed by atoms with van der Waals surface area (Å²) in [6.07, 6.45) is 0.993. The molecule has 7 nitrogen and oxygen atoms in total. The molecule has 7 heteroatoms. The summed E-state index contributed by atoms with van der Waals surface area (Å²) in [5.41, 5.74) is 7.79. The fraction of sp³-hybridized carbons (Fsp3) is 0.545. The van der Waals surface area contributed by atoms with Crippen molar-refractivity contribution in [3.63, 3.8) is 0 Å². The highest BCUT2D eigenvalue weighted by atomic mass is 15.4. The molecule has 0 spiro atoms. The zero-order chi connectivity index (χ0) is 12.7. The van der Waals surface area contributed by atoms with Gasteiger partial charge in [-0.3, -0.25) is 9.78 Å². The van der Waals surface area contributed by atoms with E-state index in [0.717, 1.165) is 30.9 Å². The molecule has 1 saturated heterocycles. The predicted molar refractivity (Wildman–Crippen MR) is 68.1 cm³/mol. The number of aromatic amines is 1. The lowest BCUT2D eigenvalue weighted by Gasteiger charge is -2.11. The maximum Gasteiger partial charge on any atom is 0.245 e. The molecule has 1 aliphatic rings. The van der Waals surface area contributed by atoms with E-state index in [1.807, 2.05) is 24.7 Å². The summed E-state index contributed by atoms with van der Waals surface area (Å²) in [5.74, 6) is 1.41. The van der Waals surface area contributed by atoms with Crippen molar-refractivity contribution >= 4 is 5.95 Å². The molecule has 0 aromatic carbocycles. The summed E-state index contributed by atoms with van der Waals surface area (Å²) in [5, 5.41) is 11.5. The Hall–Kier alpha value is -1.89. The molecule has 1 atom stereocenters. The largest absolute Gasteiger partial charge is 0.338 e. The van der Waals surface area contributed by atoms with Crippen molar-refractivity contribution < 1.29 is 0 Å². The monoisotopic (exact) mass is 247 g/mol. The van der Waals surface area contributed by atoms with E-state index in [0.29, 0.717) is 11.8 Å². The lowest BCUT2D eigenvalue weighted by atomic mass is 10.3. The Morgan fingerprint density at radius 2 is 2.33 bits per heavy atom. The summed E-state index contributed by atoms with van der Waals surface area (Å²) < 4.78 is 1.82. The van der Waals surface area contributed by atoms with Crippen LogP contribution in [0.2, 0.25) is 0 Å². The average molecular weight is 247 g/mol. The van der Waals surface area contributed by atoms with Gasteiger partial charge >= 0.3 is 0 Å². The number of aromatic nitrogens is 5. The molecule has 1 fully saturated rings. The van der Waals surface area contributed by atoms with Gasteiger partial charge in [-0.15, -0.1) is 5.10 Å². The number of hydrogen-bond donors (Lipinski definition) is 2. The third kappa shape index (κ3) is 1.86. The van der Waals surface area contributed by atoms with Crippen LogP contribution in [0.4, 0.5) is 5.95 Å². The van der Waals surface area contributed by atoms with Gasteiger partial charge in [0.2, 0.25) is 5.95 Å². The predicted octanol–water partition coefficient (Wildman–Crippen LogP) is 0.0510. The van der Waals surface area contributed by atoms with E-state index < -0.39 is 0 Å². The number of aryl methyl sites for hydroxylation is 2. The van der Waals surface area contributed by atoms with Crippen LogP contribution in [-0.2, 0) is 7.05 Å². The lowest BCUT2D eigenvalue weighted by Crippen LogP contribution is -2.26. The molecule has 2 aromatic rings. The van der Waals surface area contributed by atoms with Crippen LogP contribution in [0.15, 0.2) is 6.07 Å². The molecule has 18 heavy (non-hydrogen) atoms. The Kier molecular flexibility index (Phi) is 2.55. The summed E-state index contributed by atoms with van der Waals surface area (Å²) >= 11 is 0. The van der Waals surface area contributed by atoms with Crippen LogP contribution < -0.4 is 10.6 Å². The molecule has 3 heterocycles. The van der Waals surface area contributed by atoms with Gasteiger partial charge in [-0.05, 0) is 19.4 Å². The summed E-state index contributed by atoms with van der Waals surface area (Å²) in [6, 6.07) is 2.21. The third-order valence-corrected chi connectivity index (χ3v) is 3.34. The quantitative estimate of drug-likeness (QED) is 0.783. The van der Waals surface area contributed by atoms with Gasteiger partial charge in [0.05, 0.1) is 0 Å². The van der Waals surface area contributed by atoms with E-state index in [1.165, 1.54) is 0 Å². The topological polar surface area (TPSA) is 88.7 Å². The third-order valence-electron chi connectivity index (χ3n) is 3.34. The van der Waals surface area contributed by atoms with E-state index >= 15 is 0 Å². The van der Waals surface area contributed by atoms with Gasteiger partial charge < -0.3 is 10.6 Å². The van der Waals surface area contributed by atoms with Crippen molar-refractivity contribution in [2.75, 3.05) is 18.0 Å². The van der Waals surface area contributed by atoms with Crippen LogP contribution in [0.25, 0.3) is 11.5 Å². The summed E-state index contributed by atoms with van der Waals surface area (Å²) in [6.45, 7) is 3.74. The number of H-pyrrole nitrogens is 1. The Balaban J connectivity index is 1.85. The van der Waals surface area contributed by atoms with Crippen LogP contribution in [-0.4, -0.2) is 44.1 Å². The van der Waals surface area contributed by atoms with Crippen molar-refractivity contribution in [3.8, 4) is 11.5 Å².